The lowest BCUT2D eigenvalue weighted by molar-refractivity contribution is 0.313. The summed E-state index contributed by atoms with van der Waals surface area (Å²) in [4.78, 5) is 23.8. The van der Waals surface area contributed by atoms with Crippen molar-refractivity contribution in [3.63, 3.8) is 0 Å². The van der Waals surface area contributed by atoms with Gasteiger partial charge in [0.05, 0.1) is 40.7 Å². The molecule has 38 heavy (non-hydrogen) atoms. The highest BCUT2D eigenvalue weighted by molar-refractivity contribution is 6.14. The molecule has 2 fully saturated rings. The van der Waals surface area contributed by atoms with Gasteiger partial charge in [-0.25, -0.2) is 4.98 Å². The average molecular weight is 512 g/mol. The Hall–Kier alpha value is -3.82. The number of hydrogen-bond acceptors (Lipinski definition) is 8. The topological polar surface area (TPSA) is 114 Å². The molecular formula is C29H37N9. The summed E-state index contributed by atoms with van der Waals surface area (Å²) in [5.74, 6) is 0. The quantitative estimate of drug-likeness (QED) is 0.313. The van der Waals surface area contributed by atoms with Crippen LogP contribution in [0, 0.1) is 5.41 Å². The van der Waals surface area contributed by atoms with Gasteiger partial charge < -0.3 is 20.5 Å². The number of piperazine rings is 1. The van der Waals surface area contributed by atoms with E-state index in [4.69, 9.17) is 16.1 Å². The lowest BCUT2D eigenvalue weighted by Gasteiger charge is -2.34. The number of nitrogen functional groups attached to an aromatic ring is 1. The maximum Gasteiger partial charge on any atom is 0.114 e. The zero-order valence-corrected chi connectivity index (χ0v) is 22.4. The Bertz CT molecular complexity index is 1390. The Kier molecular flexibility index (Phi) is 7.67. The number of fused-ring (bicyclic) bond motifs is 1. The van der Waals surface area contributed by atoms with E-state index >= 15 is 0 Å². The molecule has 0 unspecified atom stereocenters. The summed E-state index contributed by atoms with van der Waals surface area (Å²) in [7, 11) is 2.15. The van der Waals surface area contributed by atoms with Crippen LogP contribution in [0.15, 0.2) is 53.4 Å². The number of anilines is 2. The molecule has 5 heterocycles. The zero-order valence-electron chi connectivity index (χ0n) is 22.4. The first-order valence-corrected chi connectivity index (χ1v) is 13.2. The van der Waals surface area contributed by atoms with Gasteiger partial charge in [0.1, 0.15) is 11.4 Å². The van der Waals surface area contributed by atoms with Crippen molar-refractivity contribution in [3.05, 3.63) is 65.5 Å². The number of aromatic nitrogens is 3. The van der Waals surface area contributed by atoms with Gasteiger partial charge in [0.25, 0.3) is 0 Å². The van der Waals surface area contributed by atoms with Crippen LogP contribution in [0.3, 0.4) is 0 Å². The number of likely N-dealkylation sites (tertiary alicyclic amines) is 1. The predicted octanol–water partition coefficient (Wildman–Crippen LogP) is 3.79. The van der Waals surface area contributed by atoms with E-state index in [0.29, 0.717) is 22.8 Å². The van der Waals surface area contributed by atoms with Crippen LogP contribution in [0.1, 0.15) is 36.8 Å². The molecule has 0 bridgehead atoms. The Labute approximate surface area is 224 Å². The Morgan fingerprint density at radius 1 is 1.16 bits per heavy atom. The second kappa shape index (κ2) is 11.3. The molecule has 9 heteroatoms. The first kappa shape index (κ1) is 25.8. The fourth-order valence-corrected chi connectivity index (χ4v) is 5.31. The van der Waals surface area contributed by atoms with Crippen LogP contribution < -0.4 is 10.6 Å². The zero-order chi connectivity index (χ0) is 26.6. The van der Waals surface area contributed by atoms with Crippen molar-refractivity contribution in [3.8, 4) is 0 Å². The van der Waals surface area contributed by atoms with Gasteiger partial charge in [0, 0.05) is 49.9 Å². The van der Waals surface area contributed by atoms with E-state index in [1.54, 1.807) is 6.20 Å². The number of nitrogens with zero attached hydrogens (tertiary/aromatic N) is 6. The summed E-state index contributed by atoms with van der Waals surface area (Å²) in [6, 6.07) is 5.71. The first-order chi connectivity index (χ1) is 18.4. The third kappa shape index (κ3) is 5.54. The van der Waals surface area contributed by atoms with E-state index in [1.165, 1.54) is 18.4 Å². The number of nitrogens with two attached hydrogens (primary N) is 1. The summed E-state index contributed by atoms with van der Waals surface area (Å²) in [5.41, 5.74) is 12.9. The van der Waals surface area contributed by atoms with E-state index in [2.05, 4.69) is 56.4 Å². The van der Waals surface area contributed by atoms with Crippen LogP contribution in [0.4, 0.5) is 11.4 Å². The third-order valence-corrected chi connectivity index (χ3v) is 7.40. The molecule has 9 nitrogen and oxygen atoms in total. The lowest BCUT2D eigenvalue weighted by atomic mass is 10.1. The van der Waals surface area contributed by atoms with E-state index in [0.717, 1.165) is 68.0 Å². The van der Waals surface area contributed by atoms with Gasteiger partial charge in [-0.3, -0.25) is 20.3 Å². The normalized spacial score (nSPS) is 17.9. The molecule has 3 aromatic heterocycles. The minimum absolute atomic E-state index is 0.244. The SMILES string of the molecule is C=N/C=C(\C=C(/C)CN1CCCC1)c1ccc(N)c(C(=N)c2cc3c(N4CCN(C)CC4)cncc3[nH]2)n1. The summed E-state index contributed by atoms with van der Waals surface area (Å²) < 4.78 is 0. The fourth-order valence-electron chi connectivity index (χ4n) is 5.31. The maximum absolute atomic E-state index is 9.02. The van der Waals surface area contributed by atoms with Crippen molar-refractivity contribution in [1.82, 2.24) is 24.8 Å². The molecule has 0 amide bonds. The van der Waals surface area contributed by atoms with Crippen LogP contribution in [0.2, 0.25) is 0 Å². The van der Waals surface area contributed by atoms with Crippen LogP contribution in [0.5, 0.6) is 0 Å². The summed E-state index contributed by atoms with van der Waals surface area (Å²) in [6.07, 6.45) is 10.1. The van der Waals surface area contributed by atoms with E-state index in [1.807, 2.05) is 30.6 Å². The molecule has 0 aliphatic carbocycles. The molecule has 2 aliphatic rings. The highest BCUT2D eigenvalue weighted by atomic mass is 15.2. The van der Waals surface area contributed by atoms with Crippen LogP contribution in [0.25, 0.3) is 16.5 Å². The number of hydrogen-bond donors (Lipinski definition) is 3. The summed E-state index contributed by atoms with van der Waals surface area (Å²) >= 11 is 0. The van der Waals surface area contributed by atoms with Gasteiger partial charge in [-0.15, -0.1) is 0 Å². The molecule has 0 saturated carbocycles. The number of allylic oxidation sites excluding steroid dienone is 2. The average Bonchev–Trinajstić information content (AvgIpc) is 3.59. The number of rotatable bonds is 8. The second-order valence-electron chi connectivity index (χ2n) is 10.3. The molecule has 198 valence electrons. The van der Waals surface area contributed by atoms with E-state index < -0.39 is 0 Å². The van der Waals surface area contributed by atoms with Crippen LogP contribution in [-0.4, -0.2) is 90.0 Å². The van der Waals surface area contributed by atoms with Crippen molar-refractivity contribution in [1.29, 1.82) is 5.41 Å². The highest BCUT2D eigenvalue weighted by Crippen LogP contribution is 2.29. The standard InChI is InChI=1S/C29H37N9/c1-20(19-37-8-4-5-9-37)14-21(16-32-2)24-7-6-23(30)29(35-24)28(31)25-15-22-26(34-25)17-33-18-27(22)38-12-10-36(3)11-13-38/h6-7,14-18,31,34H,2,4-5,8-13,19,30H2,1,3H3/b20-14+,21-16+,31-28?. The highest BCUT2D eigenvalue weighted by Gasteiger charge is 2.20. The van der Waals surface area contributed by atoms with E-state index in [-0.39, 0.29) is 5.71 Å². The molecule has 2 aliphatic heterocycles. The number of aromatic amines is 1. The Morgan fingerprint density at radius 3 is 2.66 bits per heavy atom. The molecule has 0 radical (unpaired) electrons. The van der Waals surface area contributed by atoms with Crippen LogP contribution in [-0.2, 0) is 0 Å². The maximum atomic E-state index is 9.02. The Morgan fingerprint density at radius 2 is 1.92 bits per heavy atom. The number of H-pyrrole nitrogens is 1. The predicted molar refractivity (Wildman–Crippen MR) is 157 cm³/mol. The number of nitrogens with one attached hydrogen (secondary N) is 2. The number of aliphatic imine (C=N–C) groups is 1. The van der Waals surface area contributed by atoms with Gasteiger partial charge in [-0.2, -0.15) is 0 Å². The van der Waals surface area contributed by atoms with Gasteiger partial charge in [-0.05, 0) is 64.8 Å². The van der Waals surface area contributed by atoms with Crippen molar-refractivity contribution in [2.45, 2.75) is 19.8 Å². The minimum Gasteiger partial charge on any atom is -0.397 e. The van der Waals surface area contributed by atoms with Gasteiger partial charge in [-0.1, -0.05) is 11.6 Å². The summed E-state index contributed by atoms with van der Waals surface area (Å²) in [6.45, 7) is 12.9. The third-order valence-electron chi connectivity index (χ3n) is 7.40. The van der Waals surface area contributed by atoms with Gasteiger partial charge >= 0.3 is 0 Å². The number of likely N-dealkylation sites (N-methyl/N-ethyl adjacent to an activating group) is 1. The number of pyridine rings is 2. The monoisotopic (exact) mass is 511 g/mol. The summed E-state index contributed by atoms with van der Waals surface area (Å²) in [5, 5.41) is 10.1. The second-order valence-corrected chi connectivity index (χ2v) is 10.3. The molecule has 2 saturated heterocycles. The lowest BCUT2D eigenvalue weighted by Crippen LogP contribution is -2.44. The smallest absolute Gasteiger partial charge is 0.114 e. The molecule has 0 atom stereocenters. The molecule has 5 rings (SSSR count). The molecule has 4 N–H and O–H groups in total. The molecule has 0 spiro atoms. The molecular weight excluding hydrogens is 474 g/mol. The fraction of sp³-hybridized carbons (Fsp3) is 0.379. The van der Waals surface area contributed by atoms with E-state index in [9.17, 15) is 0 Å². The van der Waals surface area contributed by atoms with Crippen molar-refractivity contribution < 1.29 is 0 Å². The molecule has 3 aromatic rings. The van der Waals surface area contributed by atoms with Crippen molar-refractivity contribution >= 4 is 40.3 Å². The largest absolute Gasteiger partial charge is 0.397 e. The Balaban J connectivity index is 1.44. The molecule has 0 aromatic carbocycles. The van der Waals surface area contributed by atoms with Gasteiger partial charge in [0.2, 0.25) is 0 Å². The minimum atomic E-state index is 0.244. The van der Waals surface area contributed by atoms with Crippen molar-refractivity contribution in [2.75, 3.05) is 63.5 Å². The first-order valence-electron chi connectivity index (χ1n) is 13.2. The van der Waals surface area contributed by atoms with Crippen molar-refractivity contribution in [2.24, 2.45) is 4.99 Å². The van der Waals surface area contributed by atoms with Gasteiger partial charge in [0.15, 0.2) is 0 Å². The van der Waals surface area contributed by atoms with Crippen LogP contribution >= 0.6 is 0 Å².